The second-order valence-corrected chi connectivity index (χ2v) is 3.29. The first-order valence-electron chi connectivity index (χ1n) is 4.49. The Morgan fingerprint density at radius 1 is 1.14 bits per heavy atom. The molecule has 0 aromatic heterocycles. The maximum Gasteiger partial charge on any atom is 0.130 e. The van der Waals surface area contributed by atoms with Gasteiger partial charge < -0.3 is 9.84 Å². The minimum absolute atomic E-state index is 0.306. The number of hydrogen-bond acceptors (Lipinski definition) is 2. The van der Waals surface area contributed by atoms with Gasteiger partial charge in [0.2, 0.25) is 0 Å². The Morgan fingerprint density at radius 3 is 2.64 bits per heavy atom. The molecule has 2 heteroatoms. The Kier molecular flexibility index (Phi) is 2.04. The van der Waals surface area contributed by atoms with E-state index in [0.717, 1.165) is 16.3 Å². The van der Waals surface area contributed by atoms with Crippen LogP contribution in [-0.2, 0) is 0 Å². The van der Waals surface area contributed by atoms with Crippen LogP contribution in [0, 0.1) is 6.92 Å². The molecule has 0 saturated heterocycles. The Morgan fingerprint density at radius 2 is 1.93 bits per heavy atom. The highest BCUT2D eigenvalue weighted by Crippen LogP contribution is 2.35. The first-order valence-corrected chi connectivity index (χ1v) is 4.49. The van der Waals surface area contributed by atoms with Crippen LogP contribution in [0.3, 0.4) is 0 Å². The van der Waals surface area contributed by atoms with Crippen molar-refractivity contribution in [1.82, 2.24) is 0 Å². The molecule has 1 N–H and O–H groups in total. The normalized spacial score (nSPS) is 10.4. The Bertz CT molecular complexity index is 475. The maximum atomic E-state index is 9.89. The van der Waals surface area contributed by atoms with E-state index in [-0.39, 0.29) is 0 Å². The fourth-order valence-corrected chi connectivity index (χ4v) is 1.60. The molecule has 2 aromatic rings. The minimum atomic E-state index is 0.306. The van der Waals surface area contributed by atoms with Gasteiger partial charge in [-0.25, -0.2) is 0 Å². The number of hydrogen-bond donors (Lipinski definition) is 1. The molecule has 0 atom stereocenters. The fraction of sp³-hybridized carbons (Fsp3) is 0.167. The van der Waals surface area contributed by atoms with Gasteiger partial charge in [0.05, 0.1) is 12.5 Å². The number of benzene rings is 2. The van der Waals surface area contributed by atoms with Crippen molar-refractivity contribution >= 4 is 10.8 Å². The van der Waals surface area contributed by atoms with Crippen molar-refractivity contribution in [3.8, 4) is 11.5 Å². The highest BCUT2D eigenvalue weighted by atomic mass is 16.5. The van der Waals surface area contributed by atoms with Crippen molar-refractivity contribution in [2.24, 2.45) is 0 Å². The van der Waals surface area contributed by atoms with Crippen molar-refractivity contribution < 1.29 is 9.84 Å². The molecular formula is C12H12O2. The van der Waals surface area contributed by atoms with E-state index in [9.17, 15) is 5.11 Å². The molecule has 14 heavy (non-hydrogen) atoms. The largest absolute Gasteiger partial charge is 0.507 e. The number of ether oxygens (including phenoxy) is 1. The second-order valence-electron chi connectivity index (χ2n) is 3.29. The quantitative estimate of drug-likeness (QED) is 0.745. The van der Waals surface area contributed by atoms with Crippen LogP contribution in [0.5, 0.6) is 11.5 Å². The number of aryl methyl sites for hydroxylation is 1. The number of rotatable bonds is 1. The molecule has 0 aliphatic carbocycles. The summed E-state index contributed by atoms with van der Waals surface area (Å²) >= 11 is 0. The molecular weight excluding hydrogens is 176 g/mol. The van der Waals surface area contributed by atoms with E-state index in [1.165, 1.54) is 0 Å². The fourth-order valence-electron chi connectivity index (χ4n) is 1.60. The van der Waals surface area contributed by atoms with Crippen molar-refractivity contribution in [3.63, 3.8) is 0 Å². The highest BCUT2D eigenvalue weighted by Gasteiger charge is 2.07. The lowest BCUT2D eigenvalue weighted by Gasteiger charge is -2.08. The average Bonchev–Trinajstić information content (AvgIpc) is 2.23. The van der Waals surface area contributed by atoms with E-state index in [2.05, 4.69) is 0 Å². The van der Waals surface area contributed by atoms with Crippen LogP contribution in [0.1, 0.15) is 5.56 Å². The van der Waals surface area contributed by atoms with Gasteiger partial charge in [-0.1, -0.05) is 24.3 Å². The SMILES string of the molecule is COc1cccc2ccc(C)c(O)c12. The summed E-state index contributed by atoms with van der Waals surface area (Å²) in [4.78, 5) is 0. The first kappa shape index (κ1) is 8.88. The Hall–Kier alpha value is -1.70. The lowest BCUT2D eigenvalue weighted by Crippen LogP contribution is -1.86. The number of fused-ring (bicyclic) bond motifs is 1. The summed E-state index contributed by atoms with van der Waals surface area (Å²) in [5, 5.41) is 11.7. The van der Waals surface area contributed by atoms with Gasteiger partial charge >= 0.3 is 0 Å². The molecule has 0 aliphatic heterocycles. The predicted molar refractivity (Wildman–Crippen MR) is 56.9 cm³/mol. The Labute approximate surface area is 82.8 Å². The molecule has 2 aromatic carbocycles. The predicted octanol–water partition coefficient (Wildman–Crippen LogP) is 2.86. The van der Waals surface area contributed by atoms with Crippen LogP contribution in [0.2, 0.25) is 0 Å². The summed E-state index contributed by atoms with van der Waals surface area (Å²) in [6.07, 6.45) is 0. The third-order valence-electron chi connectivity index (χ3n) is 2.40. The van der Waals surface area contributed by atoms with E-state index in [4.69, 9.17) is 4.74 Å². The van der Waals surface area contributed by atoms with Crippen LogP contribution in [0.15, 0.2) is 30.3 Å². The standard InChI is InChI=1S/C12H12O2/c1-8-6-7-9-4-3-5-10(14-2)11(9)12(8)13/h3-7,13H,1-2H3. The van der Waals surface area contributed by atoms with Crippen molar-refractivity contribution in [3.05, 3.63) is 35.9 Å². The monoisotopic (exact) mass is 188 g/mol. The molecule has 0 saturated carbocycles. The third kappa shape index (κ3) is 1.20. The van der Waals surface area contributed by atoms with E-state index >= 15 is 0 Å². The highest BCUT2D eigenvalue weighted by molar-refractivity contribution is 5.94. The van der Waals surface area contributed by atoms with E-state index < -0.39 is 0 Å². The van der Waals surface area contributed by atoms with Crippen molar-refractivity contribution in [1.29, 1.82) is 0 Å². The van der Waals surface area contributed by atoms with E-state index in [0.29, 0.717) is 11.5 Å². The van der Waals surface area contributed by atoms with Crippen LogP contribution >= 0.6 is 0 Å². The lowest BCUT2D eigenvalue weighted by molar-refractivity contribution is 0.416. The molecule has 2 nitrogen and oxygen atoms in total. The summed E-state index contributed by atoms with van der Waals surface area (Å²) in [6.45, 7) is 1.88. The molecule has 0 amide bonds. The lowest BCUT2D eigenvalue weighted by atomic mass is 10.1. The molecule has 72 valence electrons. The van der Waals surface area contributed by atoms with Gasteiger partial charge in [-0.05, 0) is 23.9 Å². The number of aromatic hydroxyl groups is 1. The molecule has 0 fully saturated rings. The topological polar surface area (TPSA) is 29.5 Å². The van der Waals surface area contributed by atoms with Crippen molar-refractivity contribution in [2.45, 2.75) is 6.92 Å². The van der Waals surface area contributed by atoms with Gasteiger partial charge in [0.15, 0.2) is 0 Å². The zero-order valence-electron chi connectivity index (χ0n) is 8.24. The number of phenolic OH excluding ortho intramolecular Hbond substituents is 1. The van der Waals surface area contributed by atoms with Gasteiger partial charge in [0.25, 0.3) is 0 Å². The molecule has 2 rings (SSSR count). The zero-order chi connectivity index (χ0) is 10.1. The average molecular weight is 188 g/mol. The smallest absolute Gasteiger partial charge is 0.130 e. The molecule has 0 heterocycles. The molecule has 0 aliphatic rings. The van der Waals surface area contributed by atoms with Crippen molar-refractivity contribution in [2.75, 3.05) is 7.11 Å². The van der Waals surface area contributed by atoms with Gasteiger partial charge in [-0.15, -0.1) is 0 Å². The summed E-state index contributed by atoms with van der Waals surface area (Å²) in [7, 11) is 1.61. The Balaban J connectivity index is 2.89. The summed E-state index contributed by atoms with van der Waals surface area (Å²) in [6, 6.07) is 9.60. The van der Waals surface area contributed by atoms with Gasteiger partial charge in [-0.3, -0.25) is 0 Å². The van der Waals surface area contributed by atoms with E-state index in [1.807, 2.05) is 37.3 Å². The molecule has 0 bridgehead atoms. The third-order valence-corrected chi connectivity index (χ3v) is 2.40. The molecule has 0 radical (unpaired) electrons. The van der Waals surface area contributed by atoms with Crippen LogP contribution in [0.4, 0.5) is 0 Å². The van der Waals surface area contributed by atoms with E-state index in [1.54, 1.807) is 7.11 Å². The molecule has 0 spiro atoms. The van der Waals surface area contributed by atoms with Gasteiger partial charge in [-0.2, -0.15) is 0 Å². The maximum absolute atomic E-state index is 9.89. The zero-order valence-corrected chi connectivity index (χ0v) is 8.24. The minimum Gasteiger partial charge on any atom is -0.507 e. The van der Waals surface area contributed by atoms with Crippen LogP contribution in [0.25, 0.3) is 10.8 Å². The van der Waals surface area contributed by atoms with Crippen LogP contribution < -0.4 is 4.74 Å². The first-order chi connectivity index (χ1) is 6.74. The van der Waals surface area contributed by atoms with Gasteiger partial charge in [0.1, 0.15) is 11.5 Å². The summed E-state index contributed by atoms with van der Waals surface area (Å²) in [5.41, 5.74) is 0.863. The summed E-state index contributed by atoms with van der Waals surface area (Å²) < 4.78 is 5.20. The second kappa shape index (κ2) is 3.22. The number of phenols is 1. The molecule has 0 unspecified atom stereocenters. The van der Waals surface area contributed by atoms with Crippen LogP contribution in [-0.4, -0.2) is 12.2 Å². The summed E-state index contributed by atoms with van der Waals surface area (Å²) in [5.74, 6) is 1.02. The number of methoxy groups -OCH3 is 1. The van der Waals surface area contributed by atoms with Gasteiger partial charge in [0, 0.05) is 0 Å².